The Morgan fingerprint density at radius 1 is 1.00 bits per heavy atom. The number of halogens is 1. The highest BCUT2D eigenvalue weighted by Crippen LogP contribution is 2.19. The molecule has 4 atom stereocenters. The SMILES string of the molecule is CC[C@@H](C)C(=O)N[C@@H](CNC(=O)c1ccc(F)cc1)C(=O)N1CCC[C@H]1C(=O)N[C@@H](Cc1ccccc1)C(N)=O. The molecule has 2 aromatic rings. The predicted molar refractivity (Wildman–Crippen MR) is 146 cm³/mol. The van der Waals surface area contributed by atoms with E-state index in [1.807, 2.05) is 37.3 Å². The number of nitrogens with two attached hydrogens (primary N) is 1. The molecule has 0 spiro atoms. The van der Waals surface area contributed by atoms with Gasteiger partial charge in [-0.1, -0.05) is 44.2 Å². The molecule has 0 aliphatic carbocycles. The maximum Gasteiger partial charge on any atom is 0.251 e. The topological polar surface area (TPSA) is 151 Å². The molecule has 1 aliphatic heterocycles. The molecular formula is C29H36FN5O5. The molecular weight excluding hydrogens is 517 g/mol. The molecule has 2 aromatic carbocycles. The second kappa shape index (κ2) is 14.2. The van der Waals surface area contributed by atoms with Gasteiger partial charge in [0, 0.05) is 31.0 Å². The number of primary amides is 1. The van der Waals surface area contributed by atoms with Crippen molar-refractivity contribution in [3.05, 3.63) is 71.5 Å². The van der Waals surface area contributed by atoms with E-state index in [2.05, 4.69) is 16.0 Å². The van der Waals surface area contributed by atoms with Crippen LogP contribution in [0.4, 0.5) is 4.39 Å². The Morgan fingerprint density at radius 3 is 2.30 bits per heavy atom. The van der Waals surface area contributed by atoms with Crippen molar-refractivity contribution in [3.8, 4) is 0 Å². The van der Waals surface area contributed by atoms with Crippen LogP contribution >= 0.6 is 0 Å². The van der Waals surface area contributed by atoms with Crippen LogP contribution in [0.5, 0.6) is 0 Å². The minimum Gasteiger partial charge on any atom is -0.368 e. The van der Waals surface area contributed by atoms with E-state index in [4.69, 9.17) is 5.73 Å². The molecule has 40 heavy (non-hydrogen) atoms. The maximum atomic E-state index is 13.6. The molecule has 0 saturated carbocycles. The van der Waals surface area contributed by atoms with Crippen LogP contribution < -0.4 is 21.7 Å². The molecule has 0 bridgehead atoms. The van der Waals surface area contributed by atoms with Crippen molar-refractivity contribution in [1.82, 2.24) is 20.9 Å². The standard InChI is InChI=1S/C29H36FN5O5/c1-3-18(2)26(37)34-23(17-32-27(38)20-11-13-21(30)14-12-20)29(40)35-15-7-10-24(35)28(39)33-22(25(31)36)16-19-8-5-4-6-9-19/h4-6,8-9,11-14,18,22-24H,3,7,10,15-17H2,1-2H3,(H2,31,36)(H,32,38)(H,33,39)(H,34,37)/t18-,22+,23+,24+/m1/s1. The Labute approximate surface area is 232 Å². The van der Waals surface area contributed by atoms with Crippen LogP contribution in [0, 0.1) is 11.7 Å². The van der Waals surface area contributed by atoms with Gasteiger partial charge in [0.1, 0.15) is 23.9 Å². The Bertz CT molecular complexity index is 1210. The summed E-state index contributed by atoms with van der Waals surface area (Å²) in [6.07, 6.45) is 1.64. The third-order valence-electron chi connectivity index (χ3n) is 7.03. The Balaban J connectivity index is 1.73. The Hall–Kier alpha value is -4.28. The third kappa shape index (κ3) is 8.11. The van der Waals surface area contributed by atoms with Gasteiger partial charge in [0.2, 0.25) is 23.6 Å². The van der Waals surface area contributed by atoms with Crippen LogP contribution in [0.3, 0.4) is 0 Å². The lowest BCUT2D eigenvalue weighted by atomic mass is 10.0. The third-order valence-corrected chi connectivity index (χ3v) is 7.03. The fraction of sp³-hybridized carbons (Fsp3) is 0.414. The van der Waals surface area contributed by atoms with Gasteiger partial charge in [-0.15, -0.1) is 0 Å². The number of rotatable bonds is 12. The number of hydrogen-bond acceptors (Lipinski definition) is 5. The number of nitrogens with one attached hydrogen (secondary N) is 3. The van der Waals surface area contributed by atoms with Crippen molar-refractivity contribution >= 4 is 29.5 Å². The first-order valence-electron chi connectivity index (χ1n) is 13.4. The van der Waals surface area contributed by atoms with E-state index in [-0.39, 0.29) is 36.9 Å². The van der Waals surface area contributed by atoms with Crippen molar-refractivity contribution in [1.29, 1.82) is 0 Å². The normalized spacial score (nSPS) is 16.9. The molecule has 0 radical (unpaired) electrons. The Kier molecular flexibility index (Phi) is 10.7. The summed E-state index contributed by atoms with van der Waals surface area (Å²) >= 11 is 0. The molecule has 1 heterocycles. The molecule has 11 heteroatoms. The van der Waals surface area contributed by atoms with Gasteiger partial charge in [-0.05, 0) is 49.1 Å². The number of benzene rings is 2. The van der Waals surface area contributed by atoms with Gasteiger partial charge in [0.15, 0.2) is 0 Å². The second-order valence-corrected chi connectivity index (χ2v) is 9.93. The Morgan fingerprint density at radius 2 is 1.68 bits per heavy atom. The van der Waals surface area contributed by atoms with Crippen molar-refractivity contribution in [3.63, 3.8) is 0 Å². The summed E-state index contributed by atoms with van der Waals surface area (Å²) in [7, 11) is 0. The van der Waals surface area contributed by atoms with Crippen LogP contribution in [0.1, 0.15) is 49.0 Å². The van der Waals surface area contributed by atoms with Crippen molar-refractivity contribution in [2.45, 2.75) is 57.7 Å². The number of carbonyl (C=O) groups excluding carboxylic acids is 5. The van der Waals surface area contributed by atoms with Gasteiger partial charge < -0.3 is 26.6 Å². The zero-order valence-corrected chi connectivity index (χ0v) is 22.7. The first-order valence-corrected chi connectivity index (χ1v) is 13.4. The van der Waals surface area contributed by atoms with E-state index in [0.29, 0.717) is 19.3 Å². The highest BCUT2D eigenvalue weighted by atomic mass is 19.1. The average Bonchev–Trinajstić information content (AvgIpc) is 3.45. The second-order valence-electron chi connectivity index (χ2n) is 9.93. The fourth-order valence-corrected chi connectivity index (χ4v) is 4.44. The molecule has 1 saturated heterocycles. The van der Waals surface area contributed by atoms with Crippen molar-refractivity contribution in [2.24, 2.45) is 11.7 Å². The monoisotopic (exact) mass is 553 g/mol. The zero-order valence-electron chi connectivity index (χ0n) is 22.7. The smallest absolute Gasteiger partial charge is 0.251 e. The number of nitrogens with zero attached hydrogens (tertiary/aromatic N) is 1. The van der Waals surface area contributed by atoms with Crippen LogP contribution in [-0.2, 0) is 25.6 Å². The highest BCUT2D eigenvalue weighted by molar-refractivity contribution is 5.97. The summed E-state index contributed by atoms with van der Waals surface area (Å²) in [4.78, 5) is 65.7. The van der Waals surface area contributed by atoms with Crippen molar-refractivity contribution in [2.75, 3.05) is 13.1 Å². The van der Waals surface area contributed by atoms with Gasteiger partial charge in [0.25, 0.3) is 5.91 Å². The summed E-state index contributed by atoms with van der Waals surface area (Å²) in [5.41, 5.74) is 6.56. The van der Waals surface area contributed by atoms with E-state index in [1.165, 1.54) is 17.0 Å². The van der Waals surface area contributed by atoms with Crippen LogP contribution in [0.2, 0.25) is 0 Å². The van der Waals surface area contributed by atoms with E-state index < -0.39 is 47.6 Å². The first kappa shape index (κ1) is 30.3. The highest BCUT2D eigenvalue weighted by Gasteiger charge is 2.39. The van der Waals surface area contributed by atoms with E-state index in [1.54, 1.807) is 6.92 Å². The molecule has 0 unspecified atom stereocenters. The summed E-state index contributed by atoms with van der Waals surface area (Å²) < 4.78 is 13.2. The van der Waals surface area contributed by atoms with Crippen LogP contribution in [0.15, 0.2) is 54.6 Å². The molecule has 5 N–H and O–H groups in total. The molecule has 3 rings (SSSR count). The lowest BCUT2D eigenvalue weighted by molar-refractivity contribution is -0.142. The number of amides is 5. The predicted octanol–water partition coefficient (Wildman–Crippen LogP) is 1.29. The molecule has 10 nitrogen and oxygen atoms in total. The number of carbonyl (C=O) groups is 5. The first-order chi connectivity index (χ1) is 19.1. The molecule has 5 amide bonds. The van der Waals surface area contributed by atoms with Gasteiger partial charge in [-0.3, -0.25) is 24.0 Å². The van der Waals surface area contributed by atoms with Gasteiger partial charge in [-0.2, -0.15) is 0 Å². The molecule has 1 fully saturated rings. The molecule has 0 aromatic heterocycles. The minimum absolute atomic E-state index is 0.190. The largest absolute Gasteiger partial charge is 0.368 e. The van der Waals surface area contributed by atoms with E-state index in [9.17, 15) is 28.4 Å². The summed E-state index contributed by atoms with van der Waals surface area (Å²) in [6.45, 7) is 3.58. The van der Waals surface area contributed by atoms with Crippen LogP contribution in [0.25, 0.3) is 0 Å². The summed E-state index contributed by atoms with van der Waals surface area (Å²) in [5, 5.41) is 8.00. The van der Waals surface area contributed by atoms with Gasteiger partial charge >= 0.3 is 0 Å². The summed E-state index contributed by atoms with van der Waals surface area (Å²) in [5.74, 6) is -3.54. The minimum atomic E-state index is -1.14. The lowest BCUT2D eigenvalue weighted by Crippen LogP contribution is -2.58. The molecule has 1 aliphatic rings. The lowest BCUT2D eigenvalue weighted by Gasteiger charge is -2.30. The fourth-order valence-electron chi connectivity index (χ4n) is 4.44. The quantitative estimate of drug-likeness (QED) is 0.312. The summed E-state index contributed by atoms with van der Waals surface area (Å²) in [6, 6.07) is 11.0. The van der Waals surface area contributed by atoms with Crippen LogP contribution in [-0.4, -0.2) is 65.7 Å². The maximum absolute atomic E-state index is 13.6. The number of hydrogen-bond donors (Lipinski definition) is 4. The number of likely N-dealkylation sites (tertiary alicyclic amines) is 1. The van der Waals surface area contributed by atoms with Gasteiger partial charge in [-0.25, -0.2) is 4.39 Å². The van der Waals surface area contributed by atoms with Gasteiger partial charge in [0.05, 0.1) is 0 Å². The van der Waals surface area contributed by atoms with E-state index in [0.717, 1.165) is 17.7 Å². The molecule has 214 valence electrons. The van der Waals surface area contributed by atoms with E-state index >= 15 is 0 Å². The average molecular weight is 554 g/mol. The zero-order chi connectivity index (χ0) is 29.2. The van der Waals surface area contributed by atoms with Crippen molar-refractivity contribution < 1.29 is 28.4 Å².